The van der Waals surface area contributed by atoms with E-state index in [9.17, 15) is 0 Å². The molecule has 0 heterocycles. The van der Waals surface area contributed by atoms with Crippen LogP contribution in [0.3, 0.4) is 0 Å². The Balaban J connectivity index is 3.49. The topological polar surface area (TPSA) is 47.7 Å². The lowest BCUT2D eigenvalue weighted by molar-refractivity contribution is 0.132. The summed E-state index contributed by atoms with van der Waals surface area (Å²) in [6.45, 7) is 5.48. The van der Waals surface area contributed by atoms with Gasteiger partial charge in [-0.15, -0.1) is 0 Å². The Kier molecular flexibility index (Phi) is 10.8. The number of rotatable bonds is 10. The first-order chi connectivity index (χ1) is 6.85. The van der Waals surface area contributed by atoms with E-state index in [1.165, 1.54) is 0 Å². The van der Waals surface area contributed by atoms with E-state index in [2.05, 4.69) is 4.90 Å². The van der Waals surface area contributed by atoms with E-state index < -0.39 is 0 Å². The Bertz CT molecular complexity index is 104. The van der Waals surface area contributed by atoms with Crippen molar-refractivity contribution >= 4 is 0 Å². The second kappa shape index (κ2) is 10.9. The van der Waals surface area contributed by atoms with Gasteiger partial charge in [0.2, 0.25) is 0 Å². The summed E-state index contributed by atoms with van der Waals surface area (Å²) in [5, 5.41) is 0. The van der Waals surface area contributed by atoms with Crippen molar-refractivity contribution in [3.63, 3.8) is 0 Å². The maximum Gasteiger partial charge on any atom is 0.0589 e. The molecule has 0 saturated heterocycles. The third kappa shape index (κ3) is 8.44. The monoisotopic (exact) mass is 204 g/mol. The molecule has 0 aromatic rings. The highest BCUT2D eigenvalue weighted by atomic mass is 16.5. The van der Waals surface area contributed by atoms with Crippen molar-refractivity contribution in [1.29, 1.82) is 0 Å². The molecule has 0 bridgehead atoms. The van der Waals surface area contributed by atoms with Gasteiger partial charge in [0.1, 0.15) is 0 Å². The van der Waals surface area contributed by atoms with Crippen LogP contribution in [0.5, 0.6) is 0 Å². The minimum Gasteiger partial charge on any atom is -0.385 e. The van der Waals surface area contributed by atoms with Crippen LogP contribution in [-0.2, 0) is 9.47 Å². The Morgan fingerprint density at radius 1 is 0.929 bits per heavy atom. The fraction of sp³-hybridized carbons (Fsp3) is 1.00. The molecule has 2 N–H and O–H groups in total. The second-order valence-electron chi connectivity index (χ2n) is 3.32. The molecule has 0 atom stereocenters. The van der Waals surface area contributed by atoms with Crippen molar-refractivity contribution in [1.82, 2.24) is 4.90 Å². The van der Waals surface area contributed by atoms with Crippen molar-refractivity contribution in [2.45, 2.75) is 12.8 Å². The molecule has 0 aliphatic rings. The van der Waals surface area contributed by atoms with Gasteiger partial charge in [-0.05, 0) is 25.9 Å². The van der Waals surface area contributed by atoms with Gasteiger partial charge in [0, 0.05) is 33.9 Å². The Morgan fingerprint density at radius 2 is 1.57 bits per heavy atom. The summed E-state index contributed by atoms with van der Waals surface area (Å²) in [5.41, 5.74) is 5.48. The molecule has 4 heteroatoms. The number of hydrogen-bond donors (Lipinski definition) is 1. The van der Waals surface area contributed by atoms with Gasteiger partial charge >= 0.3 is 0 Å². The van der Waals surface area contributed by atoms with Crippen LogP contribution in [0.2, 0.25) is 0 Å². The molecule has 0 aliphatic heterocycles. The highest BCUT2D eigenvalue weighted by Crippen LogP contribution is 1.94. The fourth-order valence-corrected chi connectivity index (χ4v) is 1.30. The van der Waals surface area contributed by atoms with Crippen LogP contribution in [-0.4, -0.2) is 58.5 Å². The number of nitrogens with two attached hydrogens (primary N) is 1. The van der Waals surface area contributed by atoms with Crippen LogP contribution in [0.4, 0.5) is 0 Å². The first-order valence-corrected chi connectivity index (χ1v) is 5.25. The van der Waals surface area contributed by atoms with Gasteiger partial charge in [0.05, 0.1) is 6.61 Å². The van der Waals surface area contributed by atoms with E-state index in [0.717, 1.165) is 52.2 Å². The van der Waals surface area contributed by atoms with Gasteiger partial charge in [-0.25, -0.2) is 0 Å². The molecule has 4 nitrogen and oxygen atoms in total. The maximum atomic E-state index is 5.48. The molecule has 0 rings (SSSR count). The second-order valence-corrected chi connectivity index (χ2v) is 3.32. The molecular formula is C10H24N2O2. The normalized spacial score (nSPS) is 11.1. The molecule has 0 spiro atoms. The first kappa shape index (κ1) is 13.8. The summed E-state index contributed by atoms with van der Waals surface area (Å²) in [5.74, 6) is 0. The third-order valence-corrected chi connectivity index (χ3v) is 2.11. The van der Waals surface area contributed by atoms with Crippen LogP contribution in [0.25, 0.3) is 0 Å². The van der Waals surface area contributed by atoms with E-state index in [-0.39, 0.29) is 0 Å². The van der Waals surface area contributed by atoms with Gasteiger partial charge in [-0.3, -0.25) is 0 Å². The van der Waals surface area contributed by atoms with Crippen LogP contribution < -0.4 is 5.73 Å². The van der Waals surface area contributed by atoms with Crippen molar-refractivity contribution in [2.24, 2.45) is 5.73 Å². The number of methoxy groups -OCH3 is 2. The predicted molar refractivity (Wildman–Crippen MR) is 58.5 cm³/mol. The standard InChI is InChI=1S/C10H24N2O2/c1-13-9-4-7-12(6-3-5-11)8-10-14-2/h3-11H2,1-2H3. The Labute approximate surface area is 87.4 Å². The quantitative estimate of drug-likeness (QED) is 0.521. The van der Waals surface area contributed by atoms with Crippen LogP contribution in [0, 0.1) is 0 Å². The molecule has 0 saturated carbocycles. The molecule has 0 amide bonds. The molecule has 0 radical (unpaired) electrons. The lowest BCUT2D eigenvalue weighted by Crippen LogP contribution is -2.31. The van der Waals surface area contributed by atoms with Crippen molar-refractivity contribution in [2.75, 3.05) is 53.6 Å². The predicted octanol–water partition coefficient (Wildman–Crippen LogP) is 0.320. The van der Waals surface area contributed by atoms with Crippen molar-refractivity contribution in [3.05, 3.63) is 0 Å². The zero-order chi connectivity index (χ0) is 10.6. The third-order valence-electron chi connectivity index (χ3n) is 2.11. The highest BCUT2D eigenvalue weighted by molar-refractivity contribution is 4.58. The smallest absolute Gasteiger partial charge is 0.0589 e. The zero-order valence-corrected chi connectivity index (χ0v) is 9.50. The van der Waals surface area contributed by atoms with Gasteiger partial charge in [-0.1, -0.05) is 0 Å². The molecular weight excluding hydrogens is 180 g/mol. The molecule has 0 fully saturated rings. The van der Waals surface area contributed by atoms with Crippen molar-refractivity contribution < 1.29 is 9.47 Å². The largest absolute Gasteiger partial charge is 0.385 e. The average molecular weight is 204 g/mol. The van der Waals surface area contributed by atoms with Gasteiger partial charge in [0.25, 0.3) is 0 Å². The van der Waals surface area contributed by atoms with Crippen LogP contribution >= 0.6 is 0 Å². The summed E-state index contributed by atoms with van der Waals surface area (Å²) in [4.78, 5) is 2.37. The Hall–Kier alpha value is -0.160. The minimum atomic E-state index is 0.758. The average Bonchev–Trinajstić information content (AvgIpc) is 2.21. The lowest BCUT2D eigenvalue weighted by Gasteiger charge is -2.21. The summed E-state index contributed by atoms with van der Waals surface area (Å²) in [6.07, 6.45) is 2.13. The summed E-state index contributed by atoms with van der Waals surface area (Å²) < 4.78 is 10.1. The van der Waals surface area contributed by atoms with Crippen molar-refractivity contribution in [3.8, 4) is 0 Å². The number of ether oxygens (including phenoxy) is 2. The molecule has 0 aliphatic carbocycles. The van der Waals surface area contributed by atoms with Gasteiger partial charge in [-0.2, -0.15) is 0 Å². The highest BCUT2D eigenvalue weighted by Gasteiger charge is 2.02. The molecule has 14 heavy (non-hydrogen) atoms. The SMILES string of the molecule is COCCCN(CCCN)CCOC. The minimum absolute atomic E-state index is 0.758. The molecule has 0 aromatic carbocycles. The zero-order valence-electron chi connectivity index (χ0n) is 9.50. The molecule has 0 unspecified atom stereocenters. The van der Waals surface area contributed by atoms with E-state index in [4.69, 9.17) is 15.2 Å². The maximum absolute atomic E-state index is 5.48. The van der Waals surface area contributed by atoms with E-state index in [1.807, 2.05) is 0 Å². The van der Waals surface area contributed by atoms with E-state index in [1.54, 1.807) is 14.2 Å². The van der Waals surface area contributed by atoms with E-state index in [0.29, 0.717) is 0 Å². The van der Waals surface area contributed by atoms with Crippen LogP contribution in [0.15, 0.2) is 0 Å². The summed E-state index contributed by atoms with van der Waals surface area (Å²) in [7, 11) is 3.47. The lowest BCUT2D eigenvalue weighted by atomic mass is 10.3. The Morgan fingerprint density at radius 3 is 2.14 bits per heavy atom. The van der Waals surface area contributed by atoms with Gasteiger partial charge < -0.3 is 20.1 Å². The number of nitrogens with zero attached hydrogens (tertiary/aromatic N) is 1. The molecule has 86 valence electrons. The first-order valence-electron chi connectivity index (χ1n) is 5.25. The molecule has 0 aromatic heterocycles. The fourth-order valence-electron chi connectivity index (χ4n) is 1.30. The summed E-state index contributed by atoms with van der Waals surface area (Å²) in [6, 6.07) is 0. The van der Waals surface area contributed by atoms with Gasteiger partial charge in [0.15, 0.2) is 0 Å². The summed E-state index contributed by atoms with van der Waals surface area (Å²) >= 11 is 0. The number of hydrogen-bond acceptors (Lipinski definition) is 4. The van der Waals surface area contributed by atoms with E-state index >= 15 is 0 Å². The van der Waals surface area contributed by atoms with Crippen LogP contribution in [0.1, 0.15) is 12.8 Å².